The standard InChI is InChI=1S/C13H15N3O2/c1-9(12-14-10(2)15-18-12)16(3)13(17)11-7-5-4-6-8-11/h4-9H,1-3H3. The van der Waals surface area contributed by atoms with Gasteiger partial charge in [0, 0.05) is 12.6 Å². The molecule has 0 saturated carbocycles. The maximum atomic E-state index is 12.2. The summed E-state index contributed by atoms with van der Waals surface area (Å²) in [7, 11) is 1.72. The second-order valence-corrected chi connectivity index (χ2v) is 4.14. The van der Waals surface area contributed by atoms with Crippen LogP contribution in [0.4, 0.5) is 0 Å². The van der Waals surface area contributed by atoms with E-state index in [9.17, 15) is 4.79 Å². The maximum absolute atomic E-state index is 12.2. The quantitative estimate of drug-likeness (QED) is 0.831. The second kappa shape index (κ2) is 5.00. The molecule has 0 spiro atoms. The molecule has 0 N–H and O–H groups in total. The van der Waals surface area contributed by atoms with Gasteiger partial charge in [0.05, 0.1) is 0 Å². The normalized spacial score (nSPS) is 12.2. The lowest BCUT2D eigenvalue weighted by atomic mass is 10.2. The van der Waals surface area contributed by atoms with Crippen LogP contribution in [-0.2, 0) is 0 Å². The minimum atomic E-state index is -0.251. The fourth-order valence-electron chi connectivity index (χ4n) is 1.61. The predicted molar refractivity (Wildman–Crippen MR) is 66.0 cm³/mol. The Labute approximate surface area is 105 Å². The van der Waals surface area contributed by atoms with Crippen LogP contribution in [0.1, 0.15) is 35.0 Å². The molecule has 0 aliphatic rings. The van der Waals surface area contributed by atoms with Gasteiger partial charge in [0.1, 0.15) is 6.04 Å². The molecular formula is C13H15N3O2. The van der Waals surface area contributed by atoms with Crippen LogP contribution in [-0.4, -0.2) is 28.0 Å². The van der Waals surface area contributed by atoms with E-state index in [0.29, 0.717) is 17.3 Å². The highest BCUT2D eigenvalue weighted by Gasteiger charge is 2.22. The molecule has 0 fully saturated rings. The molecule has 1 aromatic carbocycles. The van der Waals surface area contributed by atoms with Gasteiger partial charge in [-0.2, -0.15) is 4.98 Å². The Hall–Kier alpha value is -2.17. The van der Waals surface area contributed by atoms with Crippen molar-refractivity contribution in [3.63, 3.8) is 0 Å². The van der Waals surface area contributed by atoms with Crippen molar-refractivity contribution in [2.45, 2.75) is 19.9 Å². The third kappa shape index (κ3) is 2.40. The van der Waals surface area contributed by atoms with Gasteiger partial charge in [-0.25, -0.2) is 0 Å². The van der Waals surface area contributed by atoms with Crippen molar-refractivity contribution in [3.8, 4) is 0 Å². The summed E-state index contributed by atoms with van der Waals surface area (Å²) in [5, 5.41) is 3.73. The van der Waals surface area contributed by atoms with Gasteiger partial charge in [-0.1, -0.05) is 23.4 Å². The van der Waals surface area contributed by atoms with E-state index >= 15 is 0 Å². The monoisotopic (exact) mass is 245 g/mol. The van der Waals surface area contributed by atoms with Crippen molar-refractivity contribution in [1.82, 2.24) is 15.0 Å². The van der Waals surface area contributed by atoms with Crippen molar-refractivity contribution < 1.29 is 9.32 Å². The summed E-state index contributed by atoms with van der Waals surface area (Å²) >= 11 is 0. The molecule has 0 aliphatic heterocycles. The summed E-state index contributed by atoms with van der Waals surface area (Å²) in [6, 6.07) is 8.86. The minimum absolute atomic E-state index is 0.0704. The summed E-state index contributed by atoms with van der Waals surface area (Å²) in [5.41, 5.74) is 0.642. The lowest BCUT2D eigenvalue weighted by Gasteiger charge is -2.21. The lowest BCUT2D eigenvalue weighted by molar-refractivity contribution is 0.0716. The molecule has 1 heterocycles. The molecule has 5 heteroatoms. The SMILES string of the molecule is Cc1noc(C(C)N(C)C(=O)c2ccccc2)n1. The molecule has 1 atom stereocenters. The van der Waals surface area contributed by atoms with Crippen molar-refractivity contribution in [1.29, 1.82) is 0 Å². The zero-order valence-electron chi connectivity index (χ0n) is 10.6. The van der Waals surface area contributed by atoms with Crippen LogP contribution in [0.5, 0.6) is 0 Å². The number of benzene rings is 1. The molecule has 0 radical (unpaired) electrons. The fraction of sp³-hybridized carbons (Fsp3) is 0.308. The van der Waals surface area contributed by atoms with E-state index in [1.807, 2.05) is 25.1 Å². The molecule has 1 amide bonds. The Bertz CT molecular complexity index is 536. The lowest BCUT2D eigenvalue weighted by Crippen LogP contribution is -2.29. The van der Waals surface area contributed by atoms with E-state index in [1.165, 1.54) is 0 Å². The van der Waals surface area contributed by atoms with Crippen molar-refractivity contribution in [2.24, 2.45) is 0 Å². The van der Waals surface area contributed by atoms with Gasteiger partial charge in [-0.05, 0) is 26.0 Å². The molecule has 5 nitrogen and oxygen atoms in total. The van der Waals surface area contributed by atoms with Crippen LogP contribution in [0.25, 0.3) is 0 Å². The fourth-order valence-corrected chi connectivity index (χ4v) is 1.61. The second-order valence-electron chi connectivity index (χ2n) is 4.14. The Morgan fingerprint density at radius 1 is 1.33 bits per heavy atom. The Morgan fingerprint density at radius 2 is 2.00 bits per heavy atom. The number of carbonyl (C=O) groups is 1. The van der Waals surface area contributed by atoms with Crippen molar-refractivity contribution >= 4 is 5.91 Å². The number of aryl methyl sites for hydroxylation is 1. The summed E-state index contributed by atoms with van der Waals surface area (Å²) in [5.74, 6) is 0.940. The summed E-state index contributed by atoms with van der Waals surface area (Å²) in [6.45, 7) is 3.60. The van der Waals surface area contributed by atoms with Crippen LogP contribution >= 0.6 is 0 Å². The van der Waals surface area contributed by atoms with Gasteiger partial charge in [0.15, 0.2) is 5.82 Å². The van der Waals surface area contributed by atoms with Crippen molar-refractivity contribution in [2.75, 3.05) is 7.05 Å². The molecule has 2 rings (SSSR count). The van der Waals surface area contributed by atoms with Crippen molar-refractivity contribution in [3.05, 3.63) is 47.6 Å². The van der Waals surface area contributed by atoms with Crippen LogP contribution < -0.4 is 0 Å². The first-order chi connectivity index (χ1) is 8.59. The Kier molecular flexibility index (Phi) is 3.41. The number of hydrogen-bond donors (Lipinski definition) is 0. The molecule has 1 aromatic heterocycles. The van der Waals surface area contributed by atoms with E-state index in [-0.39, 0.29) is 11.9 Å². The van der Waals surface area contributed by atoms with Gasteiger partial charge < -0.3 is 9.42 Å². The molecule has 0 aliphatic carbocycles. The zero-order chi connectivity index (χ0) is 13.1. The van der Waals surface area contributed by atoms with Crippen LogP contribution in [0.3, 0.4) is 0 Å². The average molecular weight is 245 g/mol. The van der Waals surface area contributed by atoms with E-state index in [1.54, 1.807) is 31.0 Å². The topological polar surface area (TPSA) is 59.2 Å². The van der Waals surface area contributed by atoms with E-state index in [0.717, 1.165) is 0 Å². The molecule has 94 valence electrons. The molecule has 1 unspecified atom stereocenters. The molecule has 2 aromatic rings. The molecule has 18 heavy (non-hydrogen) atoms. The van der Waals surface area contributed by atoms with E-state index in [2.05, 4.69) is 10.1 Å². The van der Waals surface area contributed by atoms with E-state index in [4.69, 9.17) is 4.52 Å². The summed E-state index contributed by atoms with van der Waals surface area (Å²) in [6.07, 6.45) is 0. The first-order valence-electron chi connectivity index (χ1n) is 5.72. The highest BCUT2D eigenvalue weighted by molar-refractivity contribution is 5.94. The van der Waals surface area contributed by atoms with Gasteiger partial charge in [0.2, 0.25) is 5.89 Å². The Morgan fingerprint density at radius 3 is 2.56 bits per heavy atom. The van der Waals surface area contributed by atoms with Crippen LogP contribution in [0.2, 0.25) is 0 Å². The Balaban J connectivity index is 2.16. The highest BCUT2D eigenvalue weighted by atomic mass is 16.5. The maximum Gasteiger partial charge on any atom is 0.254 e. The van der Waals surface area contributed by atoms with Gasteiger partial charge >= 0.3 is 0 Å². The van der Waals surface area contributed by atoms with Crippen LogP contribution in [0, 0.1) is 6.92 Å². The summed E-state index contributed by atoms with van der Waals surface area (Å²) < 4.78 is 5.08. The first-order valence-corrected chi connectivity index (χ1v) is 5.72. The molecule has 0 saturated heterocycles. The van der Waals surface area contributed by atoms with Gasteiger partial charge in [-0.3, -0.25) is 4.79 Å². The molecule has 0 bridgehead atoms. The number of rotatable bonds is 3. The average Bonchev–Trinajstić information content (AvgIpc) is 2.84. The number of nitrogens with zero attached hydrogens (tertiary/aromatic N) is 3. The van der Waals surface area contributed by atoms with Crippen LogP contribution in [0.15, 0.2) is 34.9 Å². The summed E-state index contributed by atoms with van der Waals surface area (Å²) in [4.78, 5) is 17.9. The number of hydrogen-bond acceptors (Lipinski definition) is 4. The number of aromatic nitrogens is 2. The third-order valence-corrected chi connectivity index (χ3v) is 2.82. The zero-order valence-corrected chi connectivity index (χ0v) is 10.6. The smallest absolute Gasteiger partial charge is 0.254 e. The van der Waals surface area contributed by atoms with Gasteiger partial charge in [0.25, 0.3) is 5.91 Å². The molecular weight excluding hydrogens is 230 g/mol. The number of amides is 1. The predicted octanol–water partition coefficient (Wildman–Crippen LogP) is 2.21. The van der Waals surface area contributed by atoms with E-state index < -0.39 is 0 Å². The highest BCUT2D eigenvalue weighted by Crippen LogP contribution is 2.18. The number of carbonyl (C=O) groups excluding carboxylic acids is 1. The minimum Gasteiger partial charge on any atom is -0.337 e. The first kappa shape index (κ1) is 12.3. The third-order valence-electron chi connectivity index (χ3n) is 2.82. The van der Waals surface area contributed by atoms with Gasteiger partial charge in [-0.15, -0.1) is 0 Å². The largest absolute Gasteiger partial charge is 0.337 e.